The van der Waals surface area contributed by atoms with E-state index in [9.17, 15) is 13.2 Å². The molecular formula is C12H18N4O3S. The summed E-state index contributed by atoms with van der Waals surface area (Å²) in [5, 5.41) is 3.19. The summed E-state index contributed by atoms with van der Waals surface area (Å²) in [4.78, 5) is 21.4. The van der Waals surface area contributed by atoms with Crippen molar-refractivity contribution < 1.29 is 13.2 Å². The van der Waals surface area contributed by atoms with Crippen molar-refractivity contribution in [2.24, 2.45) is 0 Å². The topological polar surface area (TPSA) is 95.2 Å². The van der Waals surface area contributed by atoms with Crippen LogP contribution < -0.4 is 5.32 Å². The van der Waals surface area contributed by atoms with E-state index in [4.69, 9.17) is 0 Å². The second-order valence-electron chi connectivity index (χ2n) is 5.30. The van der Waals surface area contributed by atoms with Crippen LogP contribution in [0.3, 0.4) is 0 Å². The average molecular weight is 298 g/mol. The third-order valence-corrected chi connectivity index (χ3v) is 5.61. The third kappa shape index (κ3) is 2.71. The molecule has 0 saturated carbocycles. The molecule has 0 aromatic carbocycles. The number of hydrogen-bond acceptors (Lipinski definition) is 5. The average Bonchev–Trinajstić information content (AvgIpc) is 2.81. The highest BCUT2D eigenvalue weighted by atomic mass is 32.2. The Morgan fingerprint density at radius 2 is 2.20 bits per heavy atom. The monoisotopic (exact) mass is 298 g/mol. The lowest BCUT2D eigenvalue weighted by atomic mass is 10.0. The summed E-state index contributed by atoms with van der Waals surface area (Å²) < 4.78 is 23.2. The predicted octanol–water partition coefficient (Wildman–Crippen LogP) is -0.929. The normalized spacial score (nSPS) is 25.8. The fourth-order valence-electron chi connectivity index (χ4n) is 2.72. The lowest BCUT2D eigenvalue weighted by Crippen LogP contribution is -2.50. The van der Waals surface area contributed by atoms with Gasteiger partial charge in [0.1, 0.15) is 0 Å². The van der Waals surface area contributed by atoms with E-state index in [1.807, 2.05) is 0 Å². The predicted molar refractivity (Wildman–Crippen MR) is 72.8 cm³/mol. The number of aromatic nitrogens is 2. The molecule has 7 nitrogen and oxygen atoms in total. The molecule has 1 amide bonds. The molecule has 3 heterocycles. The number of rotatable bonds is 1. The van der Waals surface area contributed by atoms with Gasteiger partial charge in [-0.3, -0.25) is 10.1 Å². The van der Waals surface area contributed by atoms with E-state index in [1.54, 1.807) is 11.2 Å². The van der Waals surface area contributed by atoms with E-state index in [1.165, 1.54) is 0 Å². The van der Waals surface area contributed by atoms with E-state index in [-0.39, 0.29) is 23.5 Å². The van der Waals surface area contributed by atoms with Crippen LogP contribution in [0, 0.1) is 0 Å². The van der Waals surface area contributed by atoms with E-state index >= 15 is 0 Å². The maximum atomic E-state index is 12.5. The van der Waals surface area contributed by atoms with E-state index in [0.29, 0.717) is 32.5 Å². The van der Waals surface area contributed by atoms with Gasteiger partial charge in [-0.1, -0.05) is 0 Å². The lowest BCUT2D eigenvalue weighted by molar-refractivity contribution is -0.133. The van der Waals surface area contributed by atoms with Gasteiger partial charge in [0.05, 0.1) is 35.3 Å². The number of carbonyl (C=O) groups is 1. The van der Waals surface area contributed by atoms with Crippen molar-refractivity contribution >= 4 is 15.7 Å². The highest BCUT2D eigenvalue weighted by Gasteiger charge is 2.31. The first-order valence-corrected chi connectivity index (χ1v) is 8.61. The molecule has 2 aliphatic heterocycles. The Labute approximate surface area is 117 Å². The van der Waals surface area contributed by atoms with Crippen LogP contribution in [0.1, 0.15) is 17.8 Å². The number of sulfone groups is 1. The lowest BCUT2D eigenvalue weighted by Gasteiger charge is -2.28. The van der Waals surface area contributed by atoms with Gasteiger partial charge in [0.15, 0.2) is 9.84 Å². The van der Waals surface area contributed by atoms with Gasteiger partial charge < -0.3 is 9.88 Å². The summed E-state index contributed by atoms with van der Waals surface area (Å²) in [5.74, 6) is 0.230. The Morgan fingerprint density at radius 3 is 3.05 bits per heavy atom. The number of amides is 1. The van der Waals surface area contributed by atoms with Crippen molar-refractivity contribution in [3.63, 3.8) is 0 Å². The van der Waals surface area contributed by atoms with Crippen LogP contribution in [-0.2, 0) is 27.6 Å². The van der Waals surface area contributed by atoms with Gasteiger partial charge >= 0.3 is 0 Å². The molecule has 1 fully saturated rings. The third-order valence-electron chi connectivity index (χ3n) is 3.90. The zero-order valence-corrected chi connectivity index (χ0v) is 11.9. The van der Waals surface area contributed by atoms with Gasteiger partial charge in [-0.2, -0.15) is 0 Å². The van der Waals surface area contributed by atoms with Crippen molar-refractivity contribution in [3.8, 4) is 0 Å². The van der Waals surface area contributed by atoms with Crippen molar-refractivity contribution in [1.29, 1.82) is 0 Å². The molecule has 0 bridgehead atoms. The molecule has 1 atom stereocenters. The van der Waals surface area contributed by atoms with Crippen LogP contribution in [0.25, 0.3) is 0 Å². The van der Waals surface area contributed by atoms with Gasteiger partial charge in [-0.25, -0.2) is 13.4 Å². The summed E-state index contributed by atoms with van der Waals surface area (Å²) in [6.07, 6.45) is 2.72. The Morgan fingerprint density at radius 1 is 1.35 bits per heavy atom. The molecule has 1 saturated heterocycles. The van der Waals surface area contributed by atoms with Gasteiger partial charge in [0.2, 0.25) is 5.91 Å². The molecule has 8 heteroatoms. The molecular weight excluding hydrogens is 280 g/mol. The summed E-state index contributed by atoms with van der Waals surface area (Å²) in [6.45, 7) is 1.41. The fourth-order valence-corrected chi connectivity index (χ4v) is 3.99. The van der Waals surface area contributed by atoms with E-state index in [2.05, 4.69) is 15.3 Å². The summed E-state index contributed by atoms with van der Waals surface area (Å²) in [7, 11) is -2.99. The second kappa shape index (κ2) is 5.17. The number of hydrogen-bond donors (Lipinski definition) is 2. The van der Waals surface area contributed by atoms with Crippen LogP contribution >= 0.6 is 0 Å². The minimum Gasteiger partial charge on any atom is -0.347 e. The number of H-pyrrole nitrogens is 1. The highest BCUT2D eigenvalue weighted by molar-refractivity contribution is 7.91. The Bertz CT molecular complexity index is 610. The van der Waals surface area contributed by atoms with E-state index in [0.717, 1.165) is 11.4 Å². The minimum atomic E-state index is -2.99. The minimum absolute atomic E-state index is 0.0178. The number of nitrogens with one attached hydrogen (secondary N) is 2. The number of nitrogens with zero attached hydrogens (tertiary/aromatic N) is 2. The summed E-state index contributed by atoms with van der Waals surface area (Å²) in [6, 6.07) is -0.299. The maximum absolute atomic E-state index is 12.5. The van der Waals surface area contributed by atoms with Crippen molar-refractivity contribution in [2.75, 3.05) is 24.6 Å². The molecule has 0 radical (unpaired) electrons. The van der Waals surface area contributed by atoms with Crippen LogP contribution in [0.4, 0.5) is 0 Å². The SMILES string of the molecule is O=C(C1Cc2nc[nH]c2CN1)N1CCCS(=O)(=O)CC1. The number of fused-ring (bicyclic) bond motifs is 1. The highest BCUT2D eigenvalue weighted by Crippen LogP contribution is 2.15. The van der Waals surface area contributed by atoms with Crippen molar-refractivity contribution in [3.05, 3.63) is 17.7 Å². The van der Waals surface area contributed by atoms with E-state index < -0.39 is 9.84 Å². The van der Waals surface area contributed by atoms with Crippen molar-refractivity contribution in [1.82, 2.24) is 20.2 Å². The smallest absolute Gasteiger partial charge is 0.240 e. The molecule has 2 aliphatic rings. The van der Waals surface area contributed by atoms with Crippen molar-refractivity contribution in [2.45, 2.75) is 25.4 Å². The maximum Gasteiger partial charge on any atom is 0.240 e. The van der Waals surface area contributed by atoms with Crippen LogP contribution in [0.15, 0.2) is 6.33 Å². The first-order chi connectivity index (χ1) is 9.55. The van der Waals surface area contributed by atoms with Gasteiger partial charge in [0, 0.05) is 26.1 Å². The van der Waals surface area contributed by atoms with Crippen LogP contribution in [-0.4, -0.2) is 59.8 Å². The van der Waals surface area contributed by atoms with Gasteiger partial charge in [-0.05, 0) is 6.42 Å². The molecule has 2 N–H and O–H groups in total. The molecule has 110 valence electrons. The van der Waals surface area contributed by atoms with Crippen LogP contribution in [0.5, 0.6) is 0 Å². The van der Waals surface area contributed by atoms with Gasteiger partial charge in [-0.15, -0.1) is 0 Å². The number of aromatic amines is 1. The van der Waals surface area contributed by atoms with Gasteiger partial charge in [0.25, 0.3) is 0 Å². The Kier molecular flexibility index (Phi) is 3.51. The number of carbonyl (C=O) groups excluding carboxylic acids is 1. The molecule has 0 spiro atoms. The summed E-state index contributed by atoms with van der Waals surface area (Å²) >= 11 is 0. The first kappa shape index (κ1) is 13.6. The fraction of sp³-hybridized carbons (Fsp3) is 0.667. The quantitative estimate of drug-likeness (QED) is 0.698. The molecule has 1 unspecified atom stereocenters. The largest absolute Gasteiger partial charge is 0.347 e. The number of imidazole rings is 1. The zero-order chi connectivity index (χ0) is 14.2. The molecule has 3 rings (SSSR count). The zero-order valence-electron chi connectivity index (χ0n) is 11.1. The Balaban J connectivity index is 1.68. The summed E-state index contributed by atoms with van der Waals surface area (Å²) in [5.41, 5.74) is 1.94. The molecule has 0 aliphatic carbocycles. The Hall–Kier alpha value is -1.41. The molecule has 20 heavy (non-hydrogen) atoms. The molecule has 1 aromatic rings. The molecule has 1 aromatic heterocycles. The first-order valence-electron chi connectivity index (χ1n) is 6.79. The second-order valence-corrected chi connectivity index (χ2v) is 7.60. The van der Waals surface area contributed by atoms with Crippen LogP contribution in [0.2, 0.25) is 0 Å². The standard InChI is InChI=1S/C12H18N4O3S/c17-12(16-2-1-4-20(18,19)5-3-16)10-6-9-11(7-13-10)15-8-14-9/h8,10,13H,1-7H2,(H,14,15).